The van der Waals surface area contributed by atoms with Crippen LogP contribution in [0.15, 0.2) is 55.1 Å². The summed E-state index contributed by atoms with van der Waals surface area (Å²) in [5, 5.41) is 2.25. The van der Waals surface area contributed by atoms with Gasteiger partial charge in [0.2, 0.25) is 0 Å². The van der Waals surface area contributed by atoms with E-state index < -0.39 is 23.5 Å². The lowest BCUT2D eigenvalue weighted by Crippen LogP contribution is -2.18. The molecule has 132 valence electrons. The number of anilines is 1. The molecular weight excluding hydrogens is 345 g/mol. The lowest BCUT2D eigenvalue weighted by atomic mass is 10.1. The lowest BCUT2D eigenvalue weighted by molar-refractivity contribution is -0.140. The van der Waals surface area contributed by atoms with E-state index in [1.54, 1.807) is 19.2 Å². The molecule has 0 aromatic carbocycles. The Hall–Kier alpha value is -3.29. The second-order valence-electron chi connectivity index (χ2n) is 5.54. The van der Waals surface area contributed by atoms with Crippen LogP contribution in [0.2, 0.25) is 0 Å². The fourth-order valence-electron chi connectivity index (χ4n) is 2.32. The predicted octanol–water partition coefficient (Wildman–Crippen LogP) is 4.12. The van der Waals surface area contributed by atoms with Crippen molar-refractivity contribution in [3.05, 3.63) is 71.9 Å². The number of aryl methyl sites for hydroxylation is 1. The van der Waals surface area contributed by atoms with Crippen LogP contribution in [0.1, 0.15) is 21.6 Å². The summed E-state index contributed by atoms with van der Waals surface area (Å²) < 4.78 is 40.3. The molecule has 5 nitrogen and oxygen atoms in total. The molecule has 1 amide bonds. The maximum absolute atomic E-state index is 13.4. The van der Waals surface area contributed by atoms with Gasteiger partial charge in [0.05, 0.1) is 16.9 Å². The molecule has 3 aromatic rings. The van der Waals surface area contributed by atoms with Crippen LogP contribution in [-0.4, -0.2) is 20.9 Å². The Kier molecular flexibility index (Phi) is 4.66. The molecule has 0 fully saturated rings. The van der Waals surface area contributed by atoms with Crippen molar-refractivity contribution >= 4 is 11.6 Å². The molecule has 0 aliphatic rings. The summed E-state index contributed by atoms with van der Waals surface area (Å²) in [5.41, 5.74) is -0.0719. The molecule has 3 aromatic heterocycles. The first-order chi connectivity index (χ1) is 12.3. The number of nitrogens with zero attached hydrogens (tertiary/aromatic N) is 3. The second kappa shape index (κ2) is 6.91. The molecule has 1 N–H and O–H groups in total. The highest BCUT2D eigenvalue weighted by Crippen LogP contribution is 2.35. The minimum Gasteiger partial charge on any atom is -0.320 e. The SMILES string of the molecule is Cc1cncc(-c2ccc(NC(=O)c3cccnc3)c(C(F)(F)F)n2)c1. The maximum atomic E-state index is 13.4. The summed E-state index contributed by atoms with van der Waals surface area (Å²) in [4.78, 5) is 23.6. The molecule has 3 rings (SSSR count). The normalized spacial score (nSPS) is 11.2. The number of halogens is 3. The van der Waals surface area contributed by atoms with Crippen molar-refractivity contribution in [3.63, 3.8) is 0 Å². The van der Waals surface area contributed by atoms with Crippen LogP contribution < -0.4 is 5.32 Å². The topological polar surface area (TPSA) is 67.8 Å². The second-order valence-corrected chi connectivity index (χ2v) is 5.54. The van der Waals surface area contributed by atoms with Gasteiger partial charge in [-0.05, 0) is 42.8 Å². The number of pyridine rings is 3. The zero-order valence-electron chi connectivity index (χ0n) is 13.6. The summed E-state index contributed by atoms with van der Waals surface area (Å²) >= 11 is 0. The number of nitrogens with one attached hydrogen (secondary N) is 1. The van der Waals surface area contributed by atoms with Crippen molar-refractivity contribution in [1.82, 2.24) is 15.0 Å². The molecule has 0 unspecified atom stereocenters. The molecule has 0 saturated carbocycles. The third-order valence-corrected chi connectivity index (χ3v) is 3.51. The van der Waals surface area contributed by atoms with Gasteiger partial charge < -0.3 is 5.32 Å². The minimum atomic E-state index is -4.73. The molecular formula is C18H13F3N4O. The van der Waals surface area contributed by atoms with E-state index >= 15 is 0 Å². The van der Waals surface area contributed by atoms with E-state index in [0.717, 1.165) is 5.56 Å². The van der Waals surface area contributed by atoms with Crippen LogP contribution in [0, 0.1) is 6.92 Å². The molecule has 8 heteroatoms. The number of carbonyl (C=O) groups is 1. The zero-order valence-corrected chi connectivity index (χ0v) is 13.6. The lowest BCUT2D eigenvalue weighted by Gasteiger charge is -2.14. The van der Waals surface area contributed by atoms with Crippen LogP contribution in [0.25, 0.3) is 11.3 Å². The average Bonchev–Trinajstić information content (AvgIpc) is 2.62. The Labute approximate surface area is 147 Å². The Morgan fingerprint density at radius 3 is 2.54 bits per heavy atom. The number of hydrogen-bond donors (Lipinski definition) is 1. The average molecular weight is 358 g/mol. The highest BCUT2D eigenvalue weighted by molar-refractivity contribution is 6.04. The summed E-state index contributed by atoms with van der Waals surface area (Å²) in [6, 6.07) is 7.25. The molecule has 0 spiro atoms. The van der Waals surface area contributed by atoms with Crippen LogP contribution in [0.4, 0.5) is 18.9 Å². The molecule has 26 heavy (non-hydrogen) atoms. The monoisotopic (exact) mass is 358 g/mol. The summed E-state index contributed by atoms with van der Waals surface area (Å²) in [6.45, 7) is 1.78. The minimum absolute atomic E-state index is 0.118. The molecule has 0 aliphatic carbocycles. The molecule has 0 bridgehead atoms. The van der Waals surface area contributed by atoms with E-state index in [-0.39, 0.29) is 11.3 Å². The molecule has 3 heterocycles. The number of alkyl halides is 3. The van der Waals surface area contributed by atoms with Crippen LogP contribution in [-0.2, 0) is 6.18 Å². The van der Waals surface area contributed by atoms with Crippen molar-refractivity contribution in [1.29, 1.82) is 0 Å². The van der Waals surface area contributed by atoms with Gasteiger partial charge in [0.1, 0.15) is 0 Å². The van der Waals surface area contributed by atoms with Crippen molar-refractivity contribution in [2.24, 2.45) is 0 Å². The fourth-order valence-corrected chi connectivity index (χ4v) is 2.32. The van der Waals surface area contributed by atoms with E-state index in [1.807, 2.05) is 0 Å². The van der Waals surface area contributed by atoms with Crippen molar-refractivity contribution in [2.45, 2.75) is 13.1 Å². The van der Waals surface area contributed by atoms with Crippen LogP contribution in [0.5, 0.6) is 0 Å². The Morgan fingerprint density at radius 2 is 1.88 bits per heavy atom. The first kappa shape index (κ1) is 17.5. The highest BCUT2D eigenvalue weighted by Gasteiger charge is 2.36. The molecule has 0 aliphatic heterocycles. The number of hydrogen-bond acceptors (Lipinski definition) is 4. The van der Waals surface area contributed by atoms with Crippen molar-refractivity contribution < 1.29 is 18.0 Å². The number of aromatic nitrogens is 3. The molecule has 0 radical (unpaired) electrons. The summed E-state index contributed by atoms with van der Waals surface area (Å²) in [7, 11) is 0. The summed E-state index contributed by atoms with van der Waals surface area (Å²) in [5.74, 6) is -0.699. The zero-order chi connectivity index (χ0) is 18.7. The van der Waals surface area contributed by atoms with Crippen LogP contribution in [0.3, 0.4) is 0 Å². The number of amides is 1. The van der Waals surface area contributed by atoms with E-state index in [0.29, 0.717) is 5.56 Å². The third kappa shape index (κ3) is 3.85. The molecule has 0 saturated heterocycles. The van der Waals surface area contributed by atoms with Gasteiger partial charge in [-0.1, -0.05) is 0 Å². The maximum Gasteiger partial charge on any atom is 0.435 e. The Morgan fingerprint density at radius 1 is 1.08 bits per heavy atom. The first-order valence-corrected chi connectivity index (χ1v) is 7.56. The quantitative estimate of drug-likeness (QED) is 0.765. The Bertz CT molecular complexity index is 943. The third-order valence-electron chi connectivity index (χ3n) is 3.51. The fraction of sp³-hybridized carbons (Fsp3) is 0.111. The van der Waals surface area contributed by atoms with E-state index in [1.165, 1.54) is 42.9 Å². The van der Waals surface area contributed by atoms with E-state index in [4.69, 9.17) is 0 Å². The predicted molar refractivity (Wildman–Crippen MR) is 89.4 cm³/mol. The standard InChI is InChI=1S/C18H13F3N4O/c1-11-7-13(10-23-8-11)14-4-5-15(16(24-14)18(19,20)21)25-17(26)12-3-2-6-22-9-12/h2-10H,1H3,(H,25,26). The highest BCUT2D eigenvalue weighted by atomic mass is 19.4. The number of carbonyl (C=O) groups excluding carboxylic acids is 1. The smallest absolute Gasteiger partial charge is 0.320 e. The Balaban J connectivity index is 1.99. The summed E-state index contributed by atoms with van der Waals surface area (Å²) in [6.07, 6.45) is 1.03. The van der Waals surface area contributed by atoms with Gasteiger partial charge in [-0.25, -0.2) is 4.98 Å². The largest absolute Gasteiger partial charge is 0.435 e. The van der Waals surface area contributed by atoms with Gasteiger partial charge in [-0.15, -0.1) is 0 Å². The molecule has 0 atom stereocenters. The van der Waals surface area contributed by atoms with E-state index in [9.17, 15) is 18.0 Å². The van der Waals surface area contributed by atoms with Gasteiger partial charge in [0.15, 0.2) is 5.69 Å². The first-order valence-electron chi connectivity index (χ1n) is 7.56. The van der Waals surface area contributed by atoms with Gasteiger partial charge in [-0.2, -0.15) is 13.2 Å². The van der Waals surface area contributed by atoms with Crippen molar-refractivity contribution in [3.8, 4) is 11.3 Å². The van der Waals surface area contributed by atoms with Gasteiger partial charge >= 0.3 is 6.18 Å². The van der Waals surface area contributed by atoms with Crippen molar-refractivity contribution in [2.75, 3.05) is 5.32 Å². The van der Waals surface area contributed by atoms with Crippen LogP contribution >= 0.6 is 0 Å². The van der Waals surface area contributed by atoms with Gasteiger partial charge in [0.25, 0.3) is 5.91 Å². The number of rotatable bonds is 3. The van der Waals surface area contributed by atoms with E-state index in [2.05, 4.69) is 20.3 Å². The van der Waals surface area contributed by atoms with Gasteiger partial charge in [-0.3, -0.25) is 14.8 Å². The van der Waals surface area contributed by atoms with Gasteiger partial charge in [0, 0.05) is 30.4 Å².